The first kappa shape index (κ1) is 21.1. The molecule has 0 spiro atoms. The molecule has 2 N–H and O–H groups in total. The van der Waals surface area contributed by atoms with E-state index in [1.54, 1.807) is 36.7 Å². The van der Waals surface area contributed by atoms with Gasteiger partial charge in [-0.2, -0.15) is 0 Å². The van der Waals surface area contributed by atoms with Gasteiger partial charge in [-0.05, 0) is 31.2 Å². The fourth-order valence-electron chi connectivity index (χ4n) is 4.48. The van der Waals surface area contributed by atoms with E-state index in [0.717, 1.165) is 12.8 Å². The van der Waals surface area contributed by atoms with Crippen molar-refractivity contribution in [2.75, 3.05) is 6.61 Å². The molecule has 31 heavy (non-hydrogen) atoms. The largest absolute Gasteiger partial charge is 0.370 e. The number of primary amides is 1. The summed E-state index contributed by atoms with van der Waals surface area (Å²) in [4.78, 5) is 21.2. The van der Waals surface area contributed by atoms with Crippen molar-refractivity contribution in [1.29, 1.82) is 0 Å². The summed E-state index contributed by atoms with van der Waals surface area (Å²) in [5.74, 6) is -1.23. The van der Waals surface area contributed by atoms with Crippen molar-refractivity contribution in [1.82, 2.24) is 9.97 Å². The van der Waals surface area contributed by atoms with Crippen LogP contribution in [0.2, 0.25) is 0 Å². The van der Waals surface area contributed by atoms with Crippen LogP contribution in [0.25, 0.3) is 22.4 Å². The van der Waals surface area contributed by atoms with Gasteiger partial charge in [0.05, 0.1) is 5.60 Å². The molecule has 3 heterocycles. The summed E-state index contributed by atoms with van der Waals surface area (Å²) < 4.78 is 22.8. The maximum Gasteiger partial charge on any atom is 0.267 e. The number of halogens is 1. The van der Waals surface area contributed by atoms with Gasteiger partial charge in [-0.15, -0.1) is 0 Å². The van der Waals surface area contributed by atoms with Gasteiger partial charge in [-0.3, -0.25) is 9.78 Å². The second-order valence-electron chi connectivity index (χ2n) is 8.19. The van der Waals surface area contributed by atoms with Gasteiger partial charge in [0, 0.05) is 41.3 Å². The average molecular weight is 420 g/mol. The first-order valence-electron chi connectivity index (χ1n) is 10.6. The summed E-state index contributed by atoms with van der Waals surface area (Å²) in [5, 5.41) is 0. The molecule has 4 rings (SSSR count). The van der Waals surface area contributed by atoms with Crippen molar-refractivity contribution in [3.63, 3.8) is 0 Å². The highest BCUT2D eigenvalue weighted by Gasteiger charge is 2.44. The van der Waals surface area contributed by atoms with Crippen molar-refractivity contribution >= 4 is 5.91 Å². The van der Waals surface area contributed by atoms with Crippen LogP contribution in [0, 0.1) is 11.7 Å². The first-order valence-corrected chi connectivity index (χ1v) is 10.6. The van der Waals surface area contributed by atoms with E-state index < -0.39 is 17.3 Å². The fraction of sp³-hybridized carbons (Fsp3) is 0.320. The summed E-state index contributed by atoms with van der Waals surface area (Å²) in [6.45, 7) is 4.56. The lowest BCUT2D eigenvalue weighted by atomic mass is 9.74. The van der Waals surface area contributed by atoms with Gasteiger partial charge in [0.15, 0.2) is 5.82 Å². The minimum Gasteiger partial charge on any atom is -0.370 e. The number of nitrogens with zero attached hydrogens (tertiary/aromatic N) is 2. The van der Waals surface area contributed by atoms with Crippen molar-refractivity contribution < 1.29 is 13.9 Å². The van der Waals surface area contributed by atoms with Crippen LogP contribution in [-0.2, 0) is 10.3 Å². The Morgan fingerprint density at radius 1 is 1.13 bits per heavy atom. The van der Waals surface area contributed by atoms with E-state index >= 15 is 4.39 Å². The van der Waals surface area contributed by atoms with E-state index in [9.17, 15) is 4.79 Å². The number of amides is 1. The summed E-state index contributed by atoms with van der Waals surface area (Å²) in [5.41, 5.74) is 6.89. The smallest absolute Gasteiger partial charge is 0.267 e. The Balaban J connectivity index is 2.14. The number of benzene rings is 1. The molecule has 1 atom stereocenters. The van der Waals surface area contributed by atoms with Crippen LogP contribution in [0.4, 0.5) is 4.39 Å². The molecule has 0 bridgehead atoms. The number of carbonyl (C=O) groups excluding carboxylic acids is 1. The van der Waals surface area contributed by atoms with Gasteiger partial charge in [0.25, 0.3) is 5.91 Å². The maximum absolute atomic E-state index is 16.4. The minimum absolute atomic E-state index is 0.0254. The number of hydrogen-bond acceptors (Lipinski definition) is 4. The summed E-state index contributed by atoms with van der Waals surface area (Å²) in [6, 6.07) is 12.5. The molecule has 3 aromatic rings. The van der Waals surface area contributed by atoms with E-state index in [-0.39, 0.29) is 17.3 Å². The molecule has 1 fully saturated rings. The van der Waals surface area contributed by atoms with Gasteiger partial charge in [-0.1, -0.05) is 50.2 Å². The van der Waals surface area contributed by atoms with Crippen LogP contribution in [0.15, 0.2) is 54.9 Å². The summed E-state index contributed by atoms with van der Waals surface area (Å²) in [7, 11) is 0. The topological polar surface area (TPSA) is 78.1 Å². The Kier molecular flexibility index (Phi) is 5.83. The number of nitrogens with two attached hydrogens (primary N) is 1. The zero-order valence-electron chi connectivity index (χ0n) is 17.8. The molecule has 1 amide bonds. The van der Waals surface area contributed by atoms with Crippen LogP contribution >= 0.6 is 0 Å². The zero-order chi connectivity index (χ0) is 22.0. The molecule has 2 aromatic heterocycles. The highest BCUT2D eigenvalue weighted by molar-refractivity contribution is 5.99. The van der Waals surface area contributed by atoms with Gasteiger partial charge in [0.1, 0.15) is 11.4 Å². The molecule has 0 radical (unpaired) electrons. The third-order valence-electron chi connectivity index (χ3n) is 6.03. The molecule has 1 aliphatic heterocycles. The lowest BCUT2D eigenvalue weighted by Crippen LogP contribution is -2.41. The van der Waals surface area contributed by atoms with Crippen LogP contribution in [0.5, 0.6) is 0 Å². The average Bonchev–Trinajstić information content (AvgIpc) is 2.80. The van der Waals surface area contributed by atoms with Crippen molar-refractivity contribution in [3.8, 4) is 22.4 Å². The van der Waals surface area contributed by atoms with Crippen molar-refractivity contribution in [2.45, 2.75) is 38.7 Å². The van der Waals surface area contributed by atoms with Crippen LogP contribution in [0.1, 0.15) is 49.2 Å². The lowest BCUT2D eigenvalue weighted by Gasteiger charge is -2.43. The fourth-order valence-corrected chi connectivity index (χ4v) is 4.48. The zero-order valence-corrected chi connectivity index (χ0v) is 17.8. The Morgan fingerprint density at radius 2 is 1.87 bits per heavy atom. The third-order valence-corrected chi connectivity index (χ3v) is 6.03. The van der Waals surface area contributed by atoms with Gasteiger partial charge in [0.2, 0.25) is 0 Å². The van der Waals surface area contributed by atoms with Gasteiger partial charge in [-0.25, -0.2) is 9.37 Å². The monoisotopic (exact) mass is 419 g/mol. The lowest BCUT2D eigenvalue weighted by molar-refractivity contribution is -0.116. The normalized spacial score (nSPS) is 18.8. The van der Waals surface area contributed by atoms with E-state index in [4.69, 9.17) is 10.5 Å². The molecular formula is C25H26FN3O2. The quantitative estimate of drug-likeness (QED) is 0.624. The van der Waals surface area contributed by atoms with Crippen LogP contribution < -0.4 is 5.73 Å². The van der Waals surface area contributed by atoms with E-state index in [2.05, 4.69) is 9.97 Å². The first-order chi connectivity index (χ1) is 15.0. The van der Waals surface area contributed by atoms with E-state index in [1.165, 1.54) is 0 Å². The molecular weight excluding hydrogens is 393 g/mol. The van der Waals surface area contributed by atoms with E-state index in [0.29, 0.717) is 35.3 Å². The minimum atomic E-state index is -0.899. The second-order valence-corrected chi connectivity index (χ2v) is 8.19. The molecule has 1 aromatic carbocycles. The number of rotatable bonds is 5. The standard InChI is InChI=1S/C25H26FN3O2/c1-16(2)25(12-6-7-14-31-25)20-19(18-11-8-13-28-15-18)23(24(27)30)29-22(21(20)26)17-9-4-3-5-10-17/h3-5,8-11,13,15-16H,6-7,12,14H2,1-2H3,(H2,27,30). The van der Waals surface area contributed by atoms with E-state index in [1.807, 2.05) is 32.0 Å². The molecule has 160 valence electrons. The Hall–Kier alpha value is -3.12. The van der Waals surface area contributed by atoms with Gasteiger partial charge >= 0.3 is 0 Å². The SMILES string of the molecule is CC(C)C1(c2c(F)c(-c3ccccc3)nc(C(N)=O)c2-c2cccnc2)CCCCO1. The Labute approximate surface area is 181 Å². The third kappa shape index (κ3) is 3.72. The number of hydrogen-bond donors (Lipinski definition) is 1. The van der Waals surface area contributed by atoms with Crippen LogP contribution in [-0.4, -0.2) is 22.5 Å². The molecule has 0 aliphatic carbocycles. The number of pyridine rings is 2. The number of ether oxygens (including phenoxy) is 1. The number of carbonyl (C=O) groups is 1. The number of aromatic nitrogens is 2. The van der Waals surface area contributed by atoms with Crippen molar-refractivity contribution in [2.24, 2.45) is 11.7 Å². The Morgan fingerprint density at radius 3 is 2.45 bits per heavy atom. The summed E-state index contributed by atoms with van der Waals surface area (Å²) >= 11 is 0. The summed E-state index contributed by atoms with van der Waals surface area (Å²) in [6.07, 6.45) is 5.69. The maximum atomic E-state index is 16.4. The molecule has 1 aliphatic rings. The molecule has 5 nitrogen and oxygen atoms in total. The second kappa shape index (κ2) is 8.55. The molecule has 1 unspecified atom stereocenters. The molecule has 1 saturated heterocycles. The van der Waals surface area contributed by atoms with Crippen molar-refractivity contribution in [3.05, 3.63) is 71.9 Å². The van der Waals surface area contributed by atoms with Crippen LogP contribution in [0.3, 0.4) is 0 Å². The Bertz CT molecular complexity index is 1080. The molecule has 0 saturated carbocycles. The predicted molar refractivity (Wildman–Crippen MR) is 118 cm³/mol. The van der Waals surface area contributed by atoms with Gasteiger partial charge < -0.3 is 10.5 Å². The highest BCUT2D eigenvalue weighted by Crippen LogP contribution is 2.48. The molecule has 6 heteroatoms. The predicted octanol–water partition coefficient (Wildman–Crippen LogP) is 5.10. The highest BCUT2D eigenvalue weighted by atomic mass is 19.1.